The Kier molecular flexibility index (Phi) is 2.68. The zero-order chi connectivity index (χ0) is 9.94. The van der Waals surface area contributed by atoms with E-state index in [1.54, 1.807) is 0 Å². The molecule has 0 aliphatic carbocycles. The third-order valence-electron chi connectivity index (χ3n) is 0.807. The molecule has 0 unspecified atom stereocenters. The Morgan fingerprint density at radius 1 is 1.33 bits per heavy atom. The fourth-order valence-electron chi connectivity index (χ4n) is 0.336. The molecule has 7 heteroatoms. The van der Waals surface area contributed by atoms with Crippen molar-refractivity contribution in [3.63, 3.8) is 0 Å². The quantitative estimate of drug-likeness (QED) is 0.364. The van der Waals surface area contributed by atoms with E-state index >= 15 is 0 Å². The first kappa shape index (κ1) is 10.3. The maximum Gasteiger partial charge on any atom is 0.438 e. The Bertz CT molecular complexity index is 273. The van der Waals surface area contributed by atoms with Crippen LogP contribution in [0.4, 0.5) is 13.2 Å². The fourth-order valence-corrected chi connectivity index (χ4v) is 0.336. The smallest absolute Gasteiger partial charge is 0.438 e. The summed E-state index contributed by atoms with van der Waals surface area (Å²) in [6.07, 6.45) is -5.20. The first-order chi connectivity index (χ1) is 5.30. The normalized spacial score (nSPS) is 13.2. The van der Waals surface area contributed by atoms with E-state index in [9.17, 15) is 18.0 Å². The Balaban J connectivity index is 5.17. The van der Waals surface area contributed by atoms with Gasteiger partial charge >= 0.3 is 17.8 Å². The molecule has 0 atom stereocenters. The zero-order valence-electron chi connectivity index (χ0n) is 5.38. The maximum atomic E-state index is 11.5. The third-order valence-corrected chi connectivity index (χ3v) is 0.807. The average molecular weight is 181 g/mol. The Morgan fingerprint density at radius 2 is 1.75 bits per heavy atom. The summed E-state index contributed by atoms with van der Waals surface area (Å²) >= 11 is 0. The summed E-state index contributed by atoms with van der Waals surface area (Å²) in [6, 6.07) is 0. The highest BCUT2D eigenvalue weighted by atomic mass is 19.4. The molecule has 0 aromatic carbocycles. The van der Waals surface area contributed by atoms with Crippen LogP contribution in [-0.2, 0) is 4.79 Å². The number of aliphatic carboxylic acids is 1. The highest BCUT2D eigenvalue weighted by Crippen LogP contribution is 2.26. The standard InChI is InChI=1S/C5H2F3NO3/c1-9-2(4(11)12)3(10)5(6,7)8/h10H,(H,11,12)/b3-2+. The number of rotatable bonds is 1. The predicted molar refractivity (Wildman–Crippen MR) is 29.9 cm³/mol. The molecule has 66 valence electrons. The molecule has 0 amide bonds. The lowest BCUT2D eigenvalue weighted by molar-refractivity contribution is -0.137. The van der Waals surface area contributed by atoms with E-state index in [1.165, 1.54) is 0 Å². The van der Waals surface area contributed by atoms with Gasteiger partial charge in [0.15, 0.2) is 0 Å². The number of allylic oxidation sites excluding steroid dienone is 1. The van der Waals surface area contributed by atoms with Crippen molar-refractivity contribution in [1.82, 2.24) is 0 Å². The van der Waals surface area contributed by atoms with Crippen LogP contribution in [0, 0.1) is 6.57 Å². The molecule has 0 saturated carbocycles. The topological polar surface area (TPSA) is 61.9 Å². The van der Waals surface area contributed by atoms with Crippen LogP contribution in [0.25, 0.3) is 4.85 Å². The summed E-state index contributed by atoms with van der Waals surface area (Å²) in [4.78, 5) is 11.9. The number of alkyl halides is 3. The van der Waals surface area contributed by atoms with Crippen molar-refractivity contribution in [3.8, 4) is 0 Å². The Hall–Kier alpha value is -1.71. The van der Waals surface area contributed by atoms with Gasteiger partial charge in [-0.15, -0.1) is 0 Å². The van der Waals surface area contributed by atoms with E-state index in [0.717, 1.165) is 0 Å². The van der Waals surface area contributed by atoms with Crippen LogP contribution >= 0.6 is 0 Å². The van der Waals surface area contributed by atoms with E-state index in [0.29, 0.717) is 0 Å². The lowest BCUT2D eigenvalue weighted by atomic mass is 10.3. The van der Waals surface area contributed by atoms with Crippen molar-refractivity contribution < 1.29 is 28.2 Å². The van der Waals surface area contributed by atoms with Crippen molar-refractivity contribution >= 4 is 5.97 Å². The lowest BCUT2D eigenvalue weighted by Crippen LogP contribution is -2.16. The van der Waals surface area contributed by atoms with Gasteiger partial charge in [0.05, 0.1) is 6.57 Å². The van der Waals surface area contributed by atoms with E-state index in [2.05, 4.69) is 0 Å². The summed E-state index contributed by atoms with van der Waals surface area (Å²) in [5.41, 5.74) is -1.73. The number of hydrogen-bond donors (Lipinski definition) is 2. The van der Waals surface area contributed by atoms with Gasteiger partial charge in [0.2, 0.25) is 5.76 Å². The number of carbonyl (C=O) groups is 1. The number of carboxylic acids is 1. The molecule has 0 bridgehead atoms. The van der Waals surface area contributed by atoms with Gasteiger partial charge in [-0.2, -0.15) is 13.2 Å². The highest BCUT2D eigenvalue weighted by Gasteiger charge is 2.38. The van der Waals surface area contributed by atoms with E-state index < -0.39 is 23.6 Å². The molecule has 4 nitrogen and oxygen atoms in total. The van der Waals surface area contributed by atoms with Crippen molar-refractivity contribution in [2.24, 2.45) is 0 Å². The van der Waals surface area contributed by atoms with Crippen LogP contribution in [0.2, 0.25) is 0 Å². The summed E-state index contributed by atoms with van der Waals surface area (Å²) < 4.78 is 34.6. The fraction of sp³-hybridized carbons (Fsp3) is 0.200. The first-order valence-electron chi connectivity index (χ1n) is 2.42. The minimum absolute atomic E-state index is 1.73. The van der Waals surface area contributed by atoms with Gasteiger partial charge in [0.1, 0.15) is 0 Å². The molecule has 2 N–H and O–H groups in total. The van der Waals surface area contributed by atoms with Crippen LogP contribution in [0.5, 0.6) is 0 Å². The largest absolute Gasteiger partial charge is 0.515 e. The molecule has 0 fully saturated rings. The number of halogens is 3. The van der Waals surface area contributed by atoms with Crippen LogP contribution in [0.1, 0.15) is 0 Å². The monoisotopic (exact) mass is 181 g/mol. The second kappa shape index (κ2) is 3.13. The highest BCUT2D eigenvalue weighted by molar-refractivity contribution is 5.89. The van der Waals surface area contributed by atoms with Crippen molar-refractivity contribution in [3.05, 3.63) is 22.9 Å². The number of hydrogen-bond acceptors (Lipinski definition) is 2. The molecule has 0 aliphatic heterocycles. The van der Waals surface area contributed by atoms with Gasteiger partial charge in [0.25, 0.3) is 0 Å². The molecule has 0 aromatic rings. The molecule has 0 saturated heterocycles. The van der Waals surface area contributed by atoms with E-state index in [1.807, 2.05) is 4.85 Å². The second-order valence-corrected chi connectivity index (χ2v) is 1.61. The SMILES string of the molecule is [C-]#[N+]/C(C(=O)O)=C(/O)C(F)(F)F. The van der Waals surface area contributed by atoms with Gasteiger partial charge in [-0.3, -0.25) is 4.79 Å². The molecule has 0 aliphatic rings. The predicted octanol–water partition coefficient (Wildman–Crippen LogP) is 1.32. The van der Waals surface area contributed by atoms with Crippen LogP contribution < -0.4 is 0 Å². The van der Waals surface area contributed by atoms with Crippen molar-refractivity contribution in [1.29, 1.82) is 0 Å². The molecular weight excluding hydrogens is 179 g/mol. The molecule has 0 radical (unpaired) electrons. The van der Waals surface area contributed by atoms with Gasteiger partial charge in [0, 0.05) is 0 Å². The summed E-state index contributed by atoms with van der Waals surface area (Å²) in [5.74, 6) is -4.50. The first-order valence-corrected chi connectivity index (χ1v) is 2.42. The molecule has 0 spiro atoms. The van der Waals surface area contributed by atoms with Gasteiger partial charge in [-0.05, 0) is 0 Å². The summed E-state index contributed by atoms with van der Waals surface area (Å²) in [6.45, 7) is 6.03. The Morgan fingerprint density at radius 3 is 1.83 bits per heavy atom. The maximum absolute atomic E-state index is 11.5. The summed E-state index contributed by atoms with van der Waals surface area (Å²) in [7, 11) is 0. The van der Waals surface area contributed by atoms with E-state index in [4.69, 9.17) is 16.8 Å². The Labute approximate surface area is 64.4 Å². The van der Waals surface area contributed by atoms with Gasteiger partial charge in [-0.1, -0.05) is 0 Å². The lowest BCUT2D eigenvalue weighted by Gasteiger charge is -2.04. The number of carboxylic acid groups (broad SMARTS) is 1. The summed E-state index contributed by atoms with van der Waals surface area (Å²) in [5, 5.41) is 16.2. The van der Waals surface area contributed by atoms with Crippen LogP contribution in [-0.4, -0.2) is 22.4 Å². The molecule has 12 heavy (non-hydrogen) atoms. The third kappa shape index (κ3) is 2.16. The minimum atomic E-state index is -5.20. The second-order valence-electron chi connectivity index (χ2n) is 1.61. The average Bonchev–Trinajstić information content (AvgIpc) is 1.86. The van der Waals surface area contributed by atoms with Crippen LogP contribution in [0.15, 0.2) is 11.5 Å². The number of nitrogens with zero attached hydrogens (tertiary/aromatic N) is 1. The molecule has 0 aromatic heterocycles. The number of aliphatic hydroxyl groups excluding tert-OH is 1. The zero-order valence-corrected chi connectivity index (χ0v) is 5.38. The van der Waals surface area contributed by atoms with Gasteiger partial charge in [-0.25, -0.2) is 4.85 Å². The molecular formula is C5H2F3NO3. The minimum Gasteiger partial charge on any atom is -0.515 e. The van der Waals surface area contributed by atoms with Crippen molar-refractivity contribution in [2.75, 3.05) is 0 Å². The number of aliphatic hydroxyl groups is 1. The van der Waals surface area contributed by atoms with Crippen LogP contribution in [0.3, 0.4) is 0 Å². The van der Waals surface area contributed by atoms with Gasteiger partial charge < -0.3 is 10.2 Å². The molecule has 0 heterocycles. The van der Waals surface area contributed by atoms with Crippen molar-refractivity contribution in [2.45, 2.75) is 6.18 Å². The van der Waals surface area contributed by atoms with E-state index in [-0.39, 0.29) is 0 Å². The molecule has 0 rings (SSSR count).